The zero-order valence-corrected chi connectivity index (χ0v) is 47.7. The highest BCUT2D eigenvalue weighted by Crippen LogP contribution is 2.18. The van der Waals surface area contributed by atoms with Gasteiger partial charge >= 0.3 is 5.97 Å². The molecule has 2 atom stereocenters. The molecule has 0 spiro atoms. The first-order valence-electron chi connectivity index (χ1n) is 31.8. The van der Waals surface area contributed by atoms with Crippen LogP contribution in [0.25, 0.3) is 0 Å². The molecule has 0 bridgehead atoms. The molecule has 0 aliphatic rings. The molecule has 0 saturated carbocycles. The molecule has 6 heteroatoms. The van der Waals surface area contributed by atoms with Crippen LogP contribution in [0.4, 0.5) is 0 Å². The molecule has 0 aliphatic carbocycles. The van der Waals surface area contributed by atoms with Crippen molar-refractivity contribution >= 4 is 11.9 Å². The molecule has 0 aliphatic heterocycles. The Labute approximate surface area is 443 Å². The van der Waals surface area contributed by atoms with Gasteiger partial charge in [-0.05, 0) is 57.8 Å². The second-order valence-corrected chi connectivity index (χ2v) is 21.7. The van der Waals surface area contributed by atoms with Gasteiger partial charge in [0, 0.05) is 12.8 Å². The Morgan fingerprint density at radius 2 is 0.732 bits per heavy atom. The molecule has 0 saturated heterocycles. The molecule has 1 amide bonds. The van der Waals surface area contributed by atoms with E-state index >= 15 is 0 Å². The molecule has 418 valence electrons. The molecule has 3 N–H and O–H groups in total. The number of carbonyl (C=O) groups excluding carboxylic acids is 2. The molecule has 6 nitrogen and oxygen atoms in total. The van der Waals surface area contributed by atoms with E-state index in [1.807, 2.05) is 6.08 Å². The molecule has 0 aromatic heterocycles. The molecule has 0 aromatic rings. The number of aliphatic hydroxyl groups excluding tert-OH is 2. The van der Waals surface area contributed by atoms with Gasteiger partial charge in [0.25, 0.3) is 0 Å². The Bertz CT molecular complexity index is 1150. The molecule has 0 rings (SSSR count). The number of aliphatic hydroxyl groups is 2. The number of hydrogen-bond donors (Lipinski definition) is 3. The van der Waals surface area contributed by atoms with Crippen LogP contribution in [0.5, 0.6) is 0 Å². The third-order valence-corrected chi connectivity index (χ3v) is 14.6. The van der Waals surface area contributed by atoms with Gasteiger partial charge in [-0.3, -0.25) is 9.59 Å². The van der Waals surface area contributed by atoms with Crippen molar-refractivity contribution < 1.29 is 24.5 Å². The van der Waals surface area contributed by atoms with Crippen LogP contribution in [-0.2, 0) is 14.3 Å². The summed E-state index contributed by atoms with van der Waals surface area (Å²) in [6, 6.07) is -0.622. The Hall–Kier alpha value is -1.92. The molecule has 0 radical (unpaired) electrons. The number of allylic oxidation sites excluding steroid dienone is 5. The van der Waals surface area contributed by atoms with E-state index in [2.05, 4.69) is 43.5 Å². The van der Waals surface area contributed by atoms with Crippen molar-refractivity contribution in [1.82, 2.24) is 5.32 Å². The van der Waals surface area contributed by atoms with Crippen molar-refractivity contribution in [3.05, 3.63) is 36.5 Å². The predicted octanol–water partition coefficient (Wildman–Crippen LogP) is 20.0. The van der Waals surface area contributed by atoms with Crippen LogP contribution in [0, 0.1) is 0 Å². The fourth-order valence-corrected chi connectivity index (χ4v) is 9.79. The number of ether oxygens (including phenoxy) is 1. The maximum absolute atomic E-state index is 12.4. The highest BCUT2D eigenvalue weighted by atomic mass is 16.5. The number of esters is 1. The van der Waals surface area contributed by atoms with E-state index in [0.717, 1.165) is 51.4 Å². The molecular formula is C65H123NO5. The predicted molar refractivity (Wildman–Crippen MR) is 310 cm³/mol. The van der Waals surface area contributed by atoms with E-state index in [-0.39, 0.29) is 18.5 Å². The minimum absolute atomic E-state index is 0.00530. The highest BCUT2D eigenvalue weighted by molar-refractivity contribution is 5.76. The smallest absolute Gasteiger partial charge is 0.305 e. The summed E-state index contributed by atoms with van der Waals surface area (Å²) in [4.78, 5) is 24.4. The van der Waals surface area contributed by atoms with Gasteiger partial charge in [0.15, 0.2) is 0 Å². The van der Waals surface area contributed by atoms with Crippen LogP contribution in [-0.4, -0.2) is 47.4 Å². The van der Waals surface area contributed by atoms with E-state index in [1.54, 1.807) is 6.08 Å². The van der Waals surface area contributed by atoms with Crippen molar-refractivity contribution in [3.8, 4) is 0 Å². The lowest BCUT2D eigenvalue weighted by atomic mass is 10.0. The molecule has 0 fully saturated rings. The van der Waals surface area contributed by atoms with Crippen molar-refractivity contribution in [2.45, 2.75) is 353 Å². The Morgan fingerprint density at radius 3 is 1.13 bits per heavy atom. The molecule has 0 heterocycles. The second kappa shape index (κ2) is 60.6. The summed E-state index contributed by atoms with van der Waals surface area (Å²) in [5.41, 5.74) is 0. The summed E-state index contributed by atoms with van der Waals surface area (Å²) in [6.07, 6.45) is 76.5. The van der Waals surface area contributed by atoms with E-state index in [4.69, 9.17) is 4.74 Å². The van der Waals surface area contributed by atoms with E-state index in [1.165, 1.54) is 263 Å². The van der Waals surface area contributed by atoms with Crippen LogP contribution in [0.3, 0.4) is 0 Å². The topological polar surface area (TPSA) is 95.9 Å². The lowest BCUT2D eigenvalue weighted by Gasteiger charge is -2.20. The van der Waals surface area contributed by atoms with E-state index < -0.39 is 12.1 Å². The number of carbonyl (C=O) groups is 2. The summed E-state index contributed by atoms with van der Waals surface area (Å²) in [5.74, 6) is -0.0602. The van der Waals surface area contributed by atoms with Gasteiger partial charge in [-0.1, -0.05) is 307 Å². The summed E-state index contributed by atoms with van der Waals surface area (Å²) in [6.45, 7) is 4.82. The average molecular weight is 999 g/mol. The Balaban J connectivity index is 3.30. The third-order valence-electron chi connectivity index (χ3n) is 14.6. The largest absolute Gasteiger partial charge is 0.466 e. The lowest BCUT2D eigenvalue weighted by Crippen LogP contribution is -2.45. The molecule has 71 heavy (non-hydrogen) atoms. The SMILES string of the molecule is CCC/C=C\C/C=C\CCCCCCCC(=O)OCCCCCCCCCCCCCCCCCCCCCCCCCCCCCCCCCCC(=O)NC(CO)C(O)/C=C/CCCCCCCCC. The highest BCUT2D eigenvalue weighted by Gasteiger charge is 2.18. The summed E-state index contributed by atoms with van der Waals surface area (Å²) < 4.78 is 5.47. The number of amides is 1. The first kappa shape index (κ1) is 69.1. The van der Waals surface area contributed by atoms with Crippen molar-refractivity contribution in [1.29, 1.82) is 0 Å². The monoisotopic (exact) mass is 998 g/mol. The standard InChI is InChI=1S/C65H123NO5/c1-3-5-7-9-11-13-14-35-39-43-47-51-55-59-65(70)71-60-56-52-48-44-40-37-34-32-30-28-26-24-22-20-18-16-15-17-19-21-23-25-27-29-31-33-36-38-42-46-50-54-58-64(69)66-62(61-67)63(68)57-53-49-45-41-12-10-8-6-4-2/h7,9,13-14,53,57,62-63,67-68H,3-6,8,10-12,15-52,54-56,58-61H2,1-2H3,(H,66,69)/b9-7-,14-13-,57-53+. The van der Waals surface area contributed by atoms with Gasteiger partial charge < -0.3 is 20.3 Å². The van der Waals surface area contributed by atoms with Crippen LogP contribution in [0.2, 0.25) is 0 Å². The Morgan fingerprint density at radius 1 is 0.394 bits per heavy atom. The fraction of sp³-hybridized carbons (Fsp3) is 0.877. The van der Waals surface area contributed by atoms with Gasteiger partial charge in [0.1, 0.15) is 0 Å². The van der Waals surface area contributed by atoms with Crippen LogP contribution in [0.15, 0.2) is 36.5 Å². The van der Waals surface area contributed by atoms with Crippen molar-refractivity contribution in [2.24, 2.45) is 0 Å². The average Bonchev–Trinajstić information content (AvgIpc) is 3.37. The van der Waals surface area contributed by atoms with Gasteiger partial charge in [0.2, 0.25) is 5.91 Å². The van der Waals surface area contributed by atoms with Gasteiger partial charge in [-0.15, -0.1) is 0 Å². The maximum atomic E-state index is 12.4. The van der Waals surface area contributed by atoms with Crippen molar-refractivity contribution in [3.63, 3.8) is 0 Å². The summed E-state index contributed by atoms with van der Waals surface area (Å²) in [5, 5.41) is 23.0. The lowest BCUT2D eigenvalue weighted by molar-refractivity contribution is -0.143. The molecule has 0 aromatic carbocycles. The van der Waals surface area contributed by atoms with Gasteiger partial charge in [-0.2, -0.15) is 0 Å². The first-order valence-corrected chi connectivity index (χ1v) is 31.8. The number of nitrogens with one attached hydrogen (secondary N) is 1. The van der Waals surface area contributed by atoms with E-state index in [0.29, 0.717) is 19.4 Å². The Kier molecular flexibility index (Phi) is 59.0. The quantitative estimate of drug-likeness (QED) is 0.0321. The minimum atomic E-state index is -0.838. The number of hydrogen-bond acceptors (Lipinski definition) is 5. The molecule has 2 unspecified atom stereocenters. The summed E-state index contributed by atoms with van der Waals surface area (Å²) >= 11 is 0. The van der Waals surface area contributed by atoms with Crippen molar-refractivity contribution in [2.75, 3.05) is 13.2 Å². The van der Waals surface area contributed by atoms with E-state index in [9.17, 15) is 19.8 Å². The zero-order chi connectivity index (χ0) is 51.4. The second-order valence-electron chi connectivity index (χ2n) is 21.7. The first-order chi connectivity index (χ1) is 35.0. The number of rotatable bonds is 59. The normalized spacial score (nSPS) is 12.8. The maximum Gasteiger partial charge on any atom is 0.305 e. The summed E-state index contributed by atoms with van der Waals surface area (Å²) in [7, 11) is 0. The van der Waals surface area contributed by atoms with Crippen LogP contribution >= 0.6 is 0 Å². The van der Waals surface area contributed by atoms with Crippen LogP contribution < -0.4 is 5.32 Å². The van der Waals surface area contributed by atoms with Gasteiger partial charge in [0.05, 0.1) is 25.4 Å². The minimum Gasteiger partial charge on any atom is -0.466 e. The fourth-order valence-electron chi connectivity index (χ4n) is 9.79. The molecular weight excluding hydrogens is 875 g/mol. The zero-order valence-electron chi connectivity index (χ0n) is 47.7. The number of unbranched alkanes of at least 4 members (excludes halogenated alkanes) is 44. The van der Waals surface area contributed by atoms with Gasteiger partial charge in [-0.25, -0.2) is 0 Å². The third kappa shape index (κ3) is 57.2. The van der Waals surface area contributed by atoms with Crippen LogP contribution in [0.1, 0.15) is 341 Å².